The first-order valence-corrected chi connectivity index (χ1v) is 8.62. The molecule has 7 nitrogen and oxygen atoms in total. The van der Waals surface area contributed by atoms with E-state index in [1.807, 2.05) is 41.8 Å². The van der Waals surface area contributed by atoms with Crippen LogP contribution >= 0.6 is 11.3 Å². The monoisotopic (exact) mass is 358 g/mol. The van der Waals surface area contributed by atoms with E-state index >= 15 is 0 Å². The van der Waals surface area contributed by atoms with Gasteiger partial charge in [-0.1, -0.05) is 29.4 Å². The summed E-state index contributed by atoms with van der Waals surface area (Å²) in [6, 6.07) is 11.1. The third-order valence-electron chi connectivity index (χ3n) is 3.41. The predicted octanol–water partition coefficient (Wildman–Crippen LogP) is 3.16. The van der Waals surface area contributed by atoms with Gasteiger partial charge in [0.25, 0.3) is 0 Å². The summed E-state index contributed by atoms with van der Waals surface area (Å²) in [5, 5.41) is 11.5. The molecular formula is C17H18N4O3S. The van der Waals surface area contributed by atoms with Crippen molar-refractivity contribution in [3.8, 4) is 10.7 Å². The molecule has 1 aromatic carbocycles. The fourth-order valence-corrected chi connectivity index (χ4v) is 2.87. The second-order valence-corrected chi connectivity index (χ2v) is 6.14. The average molecular weight is 358 g/mol. The number of urea groups is 1. The van der Waals surface area contributed by atoms with Crippen LogP contribution < -0.4 is 10.6 Å². The van der Waals surface area contributed by atoms with Crippen LogP contribution in [0.3, 0.4) is 0 Å². The maximum atomic E-state index is 11.9. The van der Waals surface area contributed by atoms with Crippen LogP contribution in [0.5, 0.6) is 0 Å². The Balaban J connectivity index is 1.68. The van der Waals surface area contributed by atoms with Gasteiger partial charge in [0.1, 0.15) is 0 Å². The maximum absolute atomic E-state index is 11.9. The number of amides is 2. The number of methoxy groups -OCH3 is 1. The van der Waals surface area contributed by atoms with E-state index in [9.17, 15) is 4.79 Å². The number of thiophene rings is 1. The van der Waals surface area contributed by atoms with Crippen LogP contribution in [0.15, 0.2) is 46.3 Å². The van der Waals surface area contributed by atoms with E-state index in [0.29, 0.717) is 37.0 Å². The Kier molecular flexibility index (Phi) is 5.76. The Morgan fingerprint density at radius 2 is 2.16 bits per heavy atom. The van der Waals surface area contributed by atoms with Crippen LogP contribution in [-0.4, -0.2) is 36.4 Å². The number of aromatic nitrogens is 2. The molecule has 0 saturated carbocycles. The molecule has 2 N–H and O–H groups in total. The van der Waals surface area contributed by atoms with Crippen molar-refractivity contribution in [3.63, 3.8) is 0 Å². The highest BCUT2D eigenvalue weighted by molar-refractivity contribution is 7.13. The molecule has 0 aliphatic heterocycles. The lowest BCUT2D eigenvalue weighted by molar-refractivity contribution is 0.198. The molecule has 0 aliphatic carbocycles. The SMILES string of the molecule is COCCNC(=O)Nc1ccccc1Cc1nc(-c2cccs2)no1. The van der Waals surface area contributed by atoms with E-state index in [1.165, 1.54) is 0 Å². The Morgan fingerprint density at radius 3 is 2.96 bits per heavy atom. The number of rotatable bonds is 7. The predicted molar refractivity (Wildman–Crippen MR) is 95.8 cm³/mol. The van der Waals surface area contributed by atoms with Crippen LogP contribution in [-0.2, 0) is 11.2 Å². The Hall–Kier alpha value is -2.71. The normalized spacial score (nSPS) is 10.6. The lowest BCUT2D eigenvalue weighted by Gasteiger charge is -2.10. The van der Waals surface area contributed by atoms with Gasteiger partial charge in [0.15, 0.2) is 0 Å². The molecule has 0 saturated heterocycles. The van der Waals surface area contributed by atoms with Gasteiger partial charge in [0.05, 0.1) is 17.9 Å². The van der Waals surface area contributed by atoms with Crippen LogP contribution in [0.1, 0.15) is 11.5 Å². The first-order chi connectivity index (χ1) is 12.3. The molecule has 8 heteroatoms. The average Bonchev–Trinajstić information content (AvgIpc) is 3.28. The number of anilines is 1. The zero-order valence-electron chi connectivity index (χ0n) is 13.7. The van der Waals surface area contributed by atoms with Crippen LogP contribution in [0.2, 0.25) is 0 Å². The van der Waals surface area contributed by atoms with Gasteiger partial charge in [0.2, 0.25) is 11.7 Å². The molecule has 25 heavy (non-hydrogen) atoms. The summed E-state index contributed by atoms with van der Waals surface area (Å²) in [7, 11) is 1.59. The first-order valence-electron chi connectivity index (χ1n) is 7.74. The van der Waals surface area contributed by atoms with Gasteiger partial charge in [-0.3, -0.25) is 0 Å². The van der Waals surface area contributed by atoms with Gasteiger partial charge in [-0.2, -0.15) is 4.98 Å². The molecule has 130 valence electrons. The third kappa shape index (κ3) is 4.65. The molecule has 2 aromatic heterocycles. The fraction of sp³-hybridized carbons (Fsp3) is 0.235. The summed E-state index contributed by atoms with van der Waals surface area (Å²) in [5.41, 5.74) is 1.60. The standard InChI is InChI=1S/C17H18N4O3S/c1-23-9-8-18-17(22)19-13-6-3-2-5-12(13)11-15-20-16(21-24-15)14-7-4-10-25-14/h2-7,10H,8-9,11H2,1H3,(H2,18,19,22). The zero-order valence-corrected chi connectivity index (χ0v) is 14.5. The van der Waals surface area contributed by atoms with Gasteiger partial charge < -0.3 is 19.9 Å². The Morgan fingerprint density at radius 1 is 1.28 bits per heavy atom. The number of para-hydroxylation sites is 1. The number of nitrogens with one attached hydrogen (secondary N) is 2. The number of nitrogens with zero attached hydrogens (tertiary/aromatic N) is 2. The molecule has 0 fully saturated rings. The quantitative estimate of drug-likeness (QED) is 0.633. The topological polar surface area (TPSA) is 89.3 Å². The molecule has 0 bridgehead atoms. The number of hydrogen-bond acceptors (Lipinski definition) is 6. The summed E-state index contributed by atoms with van der Waals surface area (Å²) in [5.74, 6) is 1.07. The number of carbonyl (C=O) groups is 1. The van der Waals surface area contributed by atoms with Gasteiger partial charge in [-0.15, -0.1) is 11.3 Å². The highest BCUT2D eigenvalue weighted by Gasteiger charge is 2.13. The van der Waals surface area contributed by atoms with E-state index in [4.69, 9.17) is 9.26 Å². The van der Waals surface area contributed by atoms with Gasteiger partial charge >= 0.3 is 6.03 Å². The maximum Gasteiger partial charge on any atom is 0.319 e. The fourth-order valence-electron chi connectivity index (χ4n) is 2.22. The van der Waals surface area contributed by atoms with E-state index in [1.54, 1.807) is 18.4 Å². The lowest BCUT2D eigenvalue weighted by atomic mass is 10.1. The highest BCUT2D eigenvalue weighted by atomic mass is 32.1. The summed E-state index contributed by atoms with van der Waals surface area (Å²) in [4.78, 5) is 17.3. The van der Waals surface area contributed by atoms with E-state index in [0.717, 1.165) is 10.4 Å². The van der Waals surface area contributed by atoms with Crippen LogP contribution in [0, 0.1) is 0 Å². The van der Waals surface area contributed by atoms with E-state index < -0.39 is 0 Å². The van der Waals surface area contributed by atoms with Crippen LogP contribution in [0.4, 0.5) is 10.5 Å². The van der Waals surface area contributed by atoms with E-state index in [-0.39, 0.29) is 6.03 Å². The molecule has 2 amide bonds. The number of carbonyl (C=O) groups excluding carboxylic acids is 1. The summed E-state index contributed by atoms with van der Waals surface area (Å²) >= 11 is 1.56. The molecule has 0 radical (unpaired) electrons. The molecular weight excluding hydrogens is 340 g/mol. The third-order valence-corrected chi connectivity index (χ3v) is 4.27. The summed E-state index contributed by atoms with van der Waals surface area (Å²) in [6.07, 6.45) is 0.437. The molecule has 3 aromatic rings. The molecule has 0 unspecified atom stereocenters. The van der Waals surface area contributed by atoms with E-state index in [2.05, 4.69) is 20.8 Å². The molecule has 2 heterocycles. The minimum Gasteiger partial charge on any atom is -0.383 e. The molecule has 0 aliphatic rings. The van der Waals surface area contributed by atoms with Crippen molar-refractivity contribution >= 4 is 23.1 Å². The number of ether oxygens (including phenoxy) is 1. The lowest BCUT2D eigenvalue weighted by Crippen LogP contribution is -2.31. The van der Waals surface area contributed by atoms with Crippen molar-refractivity contribution in [1.82, 2.24) is 15.5 Å². The van der Waals surface area contributed by atoms with Gasteiger partial charge in [-0.05, 0) is 23.1 Å². The van der Waals surface area contributed by atoms with Crippen molar-refractivity contribution in [1.29, 1.82) is 0 Å². The molecule has 0 spiro atoms. The smallest absolute Gasteiger partial charge is 0.319 e. The number of benzene rings is 1. The summed E-state index contributed by atoms with van der Waals surface area (Å²) < 4.78 is 10.2. The Bertz CT molecular complexity index is 817. The second-order valence-electron chi connectivity index (χ2n) is 5.20. The Labute approximate surface area is 149 Å². The zero-order chi connectivity index (χ0) is 17.5. The van der Waals surface area contributed by atoms with Crippen molar-refractivity contribution < 1.29 is 14.1 Å². The highest BCUT2D eigenvalue weighted by Crippen LogP contribution is 2.23. The molecule has 3 rings (SSSR count). The van der Waals surface area contributed by atoms with Crippen molar-refractivity contribution in [3.05, 3.63) is 53.2 Å². The minimum atomic E-state index is -0.283. The van der Waals surface area contributed by atoms with Crippen molar-refractivity contribution in [2.24, 2.45) is 0 Å². The largest absolute Gasteiger partial charge is 0.383 e. The van der Waals surface area contributed by atoms with Crippen molar-refractivity contribution in [2.45, 2.75) is 6.42 Å². The molecule has 0 atom stereocenters. The van der Waals surface area contributed by atoms with Gasteiger partial charge in [-0.25, -0.2) is 4.79 Å². The van der Waals surface area contributed by atoms with Gasteiger partial charge in [0, 0.05) is 19.3 Å². The number of hydrogen-bond donors (Lipinski definition) is 2. The second kappa shape index (κ2) is 8.41. The summed E-state index contributed by atoms with van der Waals surface area (Å²) in [6.45, 7) is 0.904. The van der Waals surface area contributed by atoms with Crippen molar-refractivity contribution in [2.75, 3.05) is 25.6 Å². The first kappa shape index (κ1) is 17.1. The minimum absolute atomic E-state index is 0.283. The van der Waals surface area contributed by atoms with Crippen LogP contribution in [0.25, 0.3) is 10.7 Å².